The van der Waals surface area contributed by atoms with E-state index in [-0.39, 0.29) is 11.8 Å². The number of aliphatic hydroxyl groups excluding tert-OH is 3. The average molecular weight is 726 g/mol. The highest BCUT2D eigenvalue weighted by Gasteiger charge is 2.48. The second-order valence-electron chi connectivity index (χ2n) is 16.0. The van der Waals surface area contributed by atoms with Gasteiger partial charge in [-0.2, -0.15) is 0 Å². The third-order valence-electron chi connectivity index (χ3n) is 10.6. The predicted molar refractivity (Wildman–Crippen MR) is 210 cm³/mol. The fourth-order valence-corrected chi connectivity index (χ4v) is 7.36. The minimum Gasteiger partial charge on any atom is -0.394 e. The number of rotatable bonds is 33. The summed E-state index contributed by atoms with van der Waals surface area (Å²) in [6.45, 7) is 8.36. The van der Waals surface area contributed by atoms with E-state index >= 15 is 0 Å². The molecule has 0 radical (unpaired) electrons. The van der Waals surface area contributed by atoms with Crippen LogP contribution in [0.4, 0.5) is 0 Å². The number of nitrogens with one attached hydrogen (secondary N) is 1. The Labute approximate surface area is 313 Å². The van der Waals surface area contributed by atoms with Crippen LogP contribution < -0.4 is 11.1 Å². The quantitative estimate of drug-likeness (QED) is 0.0428. The first-order valence-electron chi connectivity index (χ1n) is 21.7. The second-order valence-corrected chi connectivity index (χ2v) is 16.0. The van der Waals surface area contributed by atoms with Crippen LogP contribution in [0.5, 0.6) is 0 Å². The van der Waals surface area contributed by atoms with Crippen LogP contribution >= 0.6 is 0 Å². The zero-order chi connectivity index (χ0) is 37.7. The molecule has 1 fully saturated rings. The maximum atomic E-state index is 13.8. The van der Waals surface area contributed by atoms with E-state index in [0.29, 0.717) is 19.4 Å². The van der Waals surface area contributed by atoms with E-state index in [2.05, 4.69) is 19.2 Å². The van der Waals surface area contributed by atoms with Crippen molar-refractivity contribution in [2.24, 2.45) is 11.7 Å². The van der Waals surface area contributed by atoms with Gasteiger partial charge in [-0.05, 0) is 25.2 Å². The van der Waals surface area contributed by atoms with Crippen molar-refractivity contribution in [3.05, 3.63) is 0 Å². The molecule has 0 aliphatic carbocycles. The molecule has 2 amide bonds. The highest BCUT2D eigenvalue weighted by molar-refractivity contribution is 5.82. The lowest BCUT2D eigenvalue weighted by atomic mass is 9.94. The fourth-order valence-electron chi connectivity index (χ4n) is 7.36. The third kappa shape index (κ3) is 21.9. The Hall–Kier alpha value is -1.26. The number of nitrogens with two attached hydrogens (primary N) is 1. The van der Waals surface area contributed by atoms with Crippen LogP contribution in [-0.2, 0) is 14.3 Å². The number of ether oxygens (including phenoxy) is 1. The summed E-state index contributed by atoms with van der Waals surface area (Å²) in [5.74, 6) is -0.345. The van der Waals surface area contributed by atoms with Gasteiger partial charge in [0.15, 0.2) is 6.23 Å². The molecule has 51 heavy (non-hydrogen) atoms. The molecule has 1 heterocycles. The normalized spacial score (nSPS) is 21.2. The van der Waals surface area contributed by atoms with Crippen LogP contribution in [0.15, 0.2) is 0 Å². The first-order chi connectivity index (χ1) is 24.7. The van der Waals surface area contributed by atoms with E-state index < -0.39 is 49.1 Å². The van der Waals surface area contributed by atoms with Crippen molar-refractivity contribution in [2.45, 2.75) is 238 Å². The maximum absolute atomic E-state index is 13.8. The lowest BCUT2D eigenvalue weighted by Crippen LogP contribution is -2.69. The molecule has 0 spiro atoms. The largest absolute Gasteiger partial charge is 0.394 e. The summed E-state index contributed by atoms with van der Waals surface area (Å²) in [4.78, 5) is 28.6. The third-order valence-corrected chi connectivity index (χ3v) is 10.6. The number of carbonyl (C=O) groups is 2. The molecule has 9 nitrogen and oxygen atoms in total. The monoisotopic (exact) mass is 726 g/mol. The number of aliphatic hydroxyl groups is 3. The van der Waals surface area contributed by atoms with Gasteiger partial charge < -0.3 is 36.0 Å². The average Bonchev–Trinajstić information content (AvgIpc) is 3.11. The van der Waals surface area contributed by atoms with Gasteiger partial charge in [0.2, 0.25) is 11.8 Å². The van der Waals surface area contributed by atoms with Gasteiger partial charge in [-0.15, -0.1) is 0 Å². The minimum atomic E-state index is -1.43. The Morgan fingerprint density at radius 3 is 1.49 bits per heavy atom. The SMILES string of the molecule is CCCCCCCCCCCCCCCCCCN(C(=O)CCCCCCCCCCC)C1OC(CO)C(O)C(O)C1NC(=O)C(N)CC(C)C. The molecule has 6 unspecified atom stereocenters. The van der Waals surface area contributed by atoms with E-state index in [0.717, 1.165) is 38.5 Å². The lowest BCUT2D eigenvalue weighted by molar-refractivity contribution is -0.231. The van der Waals surface area contributed by atoms with Crippen molar-refractivity contribution in [1.82, 2.24) is 10.2 Å². The molecule has 1 aliphatic rings. The van der Waals surface area contributed by atoms with Gasteiger partial charge in [-0.1, -0.05) is 175 Å². The standard InChI is InChI=1S/C42H83N3O6/c1-5-7-9-11-13-15-16-17-18-19-20-21-23-25-27-29-31-45(37(47)30-28-26-24-22-14-12-10-8-6-2)42-38(40(49)39(48)36(33-46)51-42)44-41(50)35(43)32-34(3)4/h34-36,38-40,42,46,48-49H,5-33,43H2,1-4H3,(H,44,50). The summed E-state index contributed by atoms with van der Waals surface area (Å²) in [7, 11) is 0. The smallest absolute Gasteiger partial charge is 0.237 e. The summed E-state index contributed by atoms with van der Waals surface area (Å²) < 4.78 is 6.14. The zero-order valence-corrected chi connectivity index (χ0v) is 33.6. The Bertz CT molecular complexity index is 845. The molecule has 1 aliphatic heterocycles. The summed E-state index contributed by atoms with van der Waals surface area (Å²) >= 11 is 0. The van der Waals surface area contributed by atoms with Crippen molar-refractivity contribution in [3.63, 3.8) is 0 Å². The molecule has 0 aromatic carbocycles. The molecule has 0 bridgehead atoms. The van der Waals surface area contributed by atoms with Gasteiger partial charge in [0.25, 0.3) is 0 Å². The second kappa shape index (κ2) is 31.1. The number of hydrogen-bond donors (Lipinski definition) is 5. The van der Waals surface area contributed by atoms with Gasteiger partial charge in [0, 0.05) is 13.0 Å². The predicted octanol–water partition coefficient (Wildman–Crippen LogP) is 8.29. The molecule has 9 heteroatoms. The molecule has 302 valence electrons. The van der Waals surface area contributed by atoms with Gasteiger partial charge >= 0.3 is 0 Å². The van der Waals surface area contributed by atoms with Crippen molar-refractivity contribution < 1.29 is 29.6 Å². The van der Waals surface area contributed by atoms with Crippen LogP contribution in [0.25, 0.3) is 0 Å². The van der Waals surface area contributed by atoms with E-state index in [1.807, 2.05) is 13.8 Å². The Morgan fingerprint density at radius 2 is 1.08 bits per heavy atom. The van der Waals surface area contributed by atoms with Crippen LogP contribution in [0, 0.1) is 5.92 Å². The Morgan fingerprint density at radius 1 is 0.667 bits per heavy atom. The minimum absolute atomic E-state index is 0.0880. The van der Waals surface area contributed by atoms with Gasteiger partial charge in [0.05, 0.1) is 12.6 Å². The Balaban J connectivity index is 2.71. The molecular weight excluding hydrogens is 642 g/mol. The van der Waals surface area contributed by atoms with Crippen LogP contribution in [0.1, 0.15) is 201 Å². The Kier molecular flexibility index (Phi) is 29.1. The maximum Gasteiger partial charge on any atom is 0.237 e. The van der Waals surface area contributed by atoms with Crippen molar-refractivity contribution in [3.8, 4) is 0 Å². The zero-order valence-electron chi connectivity index (χ0n) is 33.6. The number of unbranched alkanes of at least 4 members (excludes halogenated alkanes) is 23. The number of carbonyl (C=O) groups excluding carboxylic acids is 2. The van der Waals surface area contributed by atoms with E-state index in [9.17, 15) is 24.9 Å². The topological polar surface area (TPSA) is 145 Å². The van der Waals surface area contributed by atoms with Gasteiger partial charge in [-0.3, -0.25) is 9.59 Å². The highest BCUT2D eigenvalue weighted by Crippen LogP contribution is 2.26. The van der Waals surface area contributed by atoms with E-state index in [1.165, 1.54) is 122 Å². The molecular formula is C42H83N3O6. The first kappa shape index (κ1) is 47.8. The summed E-state index contributed by atoms with van der Waals surface area (Å²) in [6.07, 6.45) is 26.4. The van der Waals surface area contributed by atoms with Gasteiger partial charge in [-0.25, -0.2) is 0 Å². The van der Waals surface area contributed by atoms with E-state index in [4.69, 9.17) is 10.5 Å². The fraction of sp³-hybridized carbons (Fsp3) is 0.952. The molecule has 0 aromatic rings. The highest BCUT2D eigenvalue weighted by atomic mass is 16.5. The van der Waals surface area contributed by atoms with Crippen LogP contribution in [0.2, 0.25) is 0 Å². The number of amides is 2. The van der Waals surface area contributed by atoms with Crippen molar-refractivity contribution in [2.75, 3.05) is 13.2 Å². The molecule has 6 atom stereocenters. The summed E-state index contributed by atoms with van der Waals surface area (Å²) in [6, 6.07) is -1.86. The first-order valence-corrected chi connectivity index (χ1v) is 21.7. The summed E-state index contributed by atoms with van der Waals surface area (Å²) in [5.41, 5.74) is 6.17. The summed E-state index contributed by atoms with van der Waals surface area (Å²) in [5, 5.41) is 34.7. The lowest BCUT2D eigenvalue weighted by Gasteiger charge is -2.47. The molecule has 6 N–H and O–H groups in total. The number of hydrogen-bond acceptors (Lipinski definition) is 7. The molecule has 0 saturated carbocycles. The van der Waals surface area contributed by atoms with Crippen molar-refractivity contribution in [1.29, 1.82) is 0 Å². The molecule has 0 aromatic heterocycles. The van der Waals surface area contributed by atoms with E-state index in [1.54, 1.807) is 4.90 Å². The molecule has 1 rings (SSSR count). The number of nitrogens with zero attached hydrogens (tertiary/aromatic N) is 1. The van der Waals surface area contributed by atoms with Crippen LogP contribution in [-0.4, -0.2) is 81.8 Å². The van der Waals surface area contributed by atoms with Crippen LogP contribution in [0.3, 0.4) is 0 Å². The van der Waals surface area contributed by atoms with Gasteiger partial charge in [0.1, 0.15) is 24.4 Å². The molecule has 1 saturated heterocycles. The van der Waals surface area contributed by atoms with Crippen molar-refractivity contribution >= 4 is 11.8 Å².